The van der Waals surface area contributed by atoms with Crippen molar-refractivity contribution >= 4 is 10.8 Å². The fourth-order valence-electron chi connectivity index (χ4n) is 2.77. The first-order valence-corrected chi connectivity index (χ1v) is 6.34. The zero-order valence-corrected chi connectivity index (χ0v) is 9.89. The summed E-state index contributed by atoms with van der Waals surface area (Å²) in [6.07, 6.45) is 3.92. The van der Waals surface area contributed by atoms with E-state index < -0.39 is 0 Å². The molecule has 88 valence electrons. The van der Waals surface area contributed by atoms with E-state index in [4.69, 9.17) is 5.84 Å². The van der Waals surface area contributed by atoms with Crippen molar-refractivity contribution in [3.8, 4) is 0 Å². The van der Waals surface area contributed by atoms with Crippen molar-refractivity contribution in [1.82, 2.24) is 5.43 Å². The molecule has 0 aliphatic heterocycles. The van der Waals surface area contributed by atoms with Gasteiger partial charge in [0.2, 0.25) is 0 Å². The second-order valence-electron chi connectivity index (χ2n) is 4.90. The minimum atomic E-state index is 0.301. The van der Waals surface area contributed by atoms with Crippen LogP contribution in [0.1, 0.15) is 30.9 Å². The summed E-state index contributed by atoms with van der Waals surface area (Å²) in [6, 6.07) is 15.3. The first-order valence-electron chi connectivity index (χ1n) is 6.34. The van der Waals surface area contributed by atoms with Gasteiger partial charge >= 0.3 is 0 Å². The van der Waals surface area contributed by atoms with Crippen LogP contribution in [-0.4, -0.2) is 0 Å². The SMILES string of the molecule is NNC(c1cccc2ccccc12)C1CCC1. The average Bonchev–Trinajstić information content (AvgIpc) is 2.33. The monoisotopic (exact) mass is 226 g/mol. The van der Waals surface area contributed by atoms with Crippen molar-refractivity contribution in [3.63, 3.8) is 0 Å². The maximum Gasteiger partial charge on any atom is 0.0494 e. The number of rotatable bonds is 3. The van der Waals surface area contributed by atoms with Gasteiger partial charge in [0.25, 0.3) is 0 Å². The summed E-state index contributed by atoms with van der Waals surface area (Å²) in [4.78, 5) is 0. The Balaban J connectivity index is 2.08. The molecule has 1 saturated carbocycles. The summed E-state index contributed by atoms with van der Waals surface area (Å²) in [5.74, 6) is 6.46. The Kier molecular flexibility index (Phi) is 2.83. The maximum absolute atomic E-state index is 5.76. The van der Waals surface area contributed by atoms with E-state index in [0.717, 1.165) is 0 Å². The highest BCUT2D eigenvalue weighted by Crippen LogP contribution is 2.39. The van der Waals surface area contributed by atoms with E-state index in [9.17, 15) is 0 Å². The molecule has 1 atom stereocenters. The number of nitrogens with two attached hydrogens (primary N) is 1. The van der Waals surface area contributed by atoms with Crippen LogP contribution in [0.25, 0.3) is 10.8 Å². The molecular weight excluding hydrogens is 208 g/mol. The number of fused-ring (bicyclic) bond motifs is 1. The van der Waals surface area contributed by atoms with E-state index in [1.165, 1.54) is 35.6 Å². The highest BCUT2D eigenvalue weighted by Gasteiger charge is 2.28. The quantitative estimate of drug-likeness (QED) is 0.623. The predicted molar refractivity (Wildman–Crippen MR) is 71.4 cm³/mol. The Morgan fingerprint density at radius 1 is 1.06 bits per heavy atom. The third-order valence-electron chi connectivity index (χ3n) is 3.96. The largest absolute Gasteiger partial charge is 0.271 e. The smallest absolute Gasteiger partial charge is 0.0494 e. The van der Waals surface area contributed by atoms with Gasteiger partial charge in [-0.25, -0.2) is 0 Å². The normalized spacial score (nSPS) is 17.9. The molecule has 0 heterocycles. The fraction of sp³-hybridized carbons (Fsp3) is 0.333. The van der Waals surface area contributed by atoms with Crippen LogP contribution in [0.2, 0.25) is 0 Å². The lowest BCUT2D eigenvalue weighted by Crippen LogP contribution is -2.36. The Bertz CT molecular complexity index is 512. The third-order valence-corrected chi connectivity index (χ3v) is 3.96. The number of hydrogen-bond donors (Lipinski definition) is 2. The molecule has 3 rings (SSSR count). The Hall–Kier alpha value is -1.38. The molecule has 0 saturated heterocycles. The number of hydrogen-bond acceptors (Lipinski definition) is 2. The molecule has 2 aromatic rings. The molecule has 0 aromatic heterocycles. The molecule has 1 aliphatic rings. The fourth-order valence-corrected chi connectivity index (χ4v) is 2.77. The molecule has 17 heavy (non-hydrogen) atoms. The summed E-state index contributed by atoms with van der Waals surface area (Å²) in [7, 11) is 0. The van der Waals surface area contributed by atoms with E-state index in [-0.39, 0.29) is 0 Å². The van der Waals surface area contributed by atoms with Crippen molar-refractivity contribution in [2.24, 2.45) is 11.8 Å². The predicted octanol–water partition coefficient (Wildman–Crippen LogP) is 3.14. The van der Waals surface area contributed by atoms with Gasteiger partial charge < -0.3 is 0 Å². The van der Waals surface area contributed by atoms with Crippen LogP contribution in [0.4, 0.5) is 0 Å². The first-order chi connectivity index (χ1) is 8.40. The lowest BCUT2D eigenvalue weighted by atomic mass is 9.76. The Labute approximate surface area is 102 Å². The zero-order valence-electron chi connectivity index (χ0n) is 9.89. The van der Waals surface area contributed by atoms with Gasteiger partial charge in [-0.15, -0.1) is 0 Å². The molecule has 3 N–H and O–H groups in total. The van der Waals surface area contributed by atoms with E-state index >= 15 is 0 Å². The highest BCUT2D eigenvalue weighted by molar-refractivity contribution is 5.86. The molecule has 0 bridgehead atoms. The molecule has 2 aromatic carbocycles. The second kappa shape index (κ2) is 4.47. The number of benzene rings is 2. The molecule has 0 amide bonds. The lowest BCUT2D eigenvalue weighted by molar-refractivity contribution is 0.233. The molecule has 2 nitrogen and oxygen atoms in total. The zero-order chi connectivity index (χ0) is 11.7. The lowest BCUT2D eigenvalue weighted by Gasteiger charge is -2.34. The van der Waals surface area contributed by atoms with Crippen molar-refractivity contribution in [2.75, 3.05) is 0 Å². The molecule has 2 heteroatoms. The van der Waals surface area contributed by atoms with Gasteiger partial charge in [0.15, 0.2) is 0 Å². The van der Waals surface area contributed by atoms with Crippen molar-refractivity contribution < 1.29 is 0 Å². The van der Waals surface area contributed by atoms with Crippen molar-refractivity contribution in [1.29, 1.82) is 0 Å². The number of nitrogens with one attached hydrogen (secondary N) is 1. The van der Waals surface area contributed by atoms with Crippen LogP contribution in [-0.2, 0) is 0 Å². The standard InChI is InChI=1S/C15H18N2/c16-17-15(12-7-3-8-12)14-10-4-6-11-5-1-2-9-13(11)14/h1-2,4-6,9-10,12,15,17H,3,7-8,16H2. The van der Waals surface area contributed by atoms with Gasteiger partial charge in [0.1, 0.15) is 0 Å². The summed E-state index contributed by atoms with van der Waals surface area (Å²) in [5.41, 5.74) is 4.36. The van der Waals surface area contributed by atoms with Gasteiger partial charge in [-0.2, -0.15) is 0 Å². The van der Waals surface area contributed by atoms with E-state index in [1.807, 2.05) is 0 Å². The van der Waals surface area contributed by atoms with Crippen molar-refractivity contribution in [3.05, 3.63) is 48.0 Å². The van der Waals surface area contributed by atoms with Crippen LogP contribution in [0, 0.1) is 5.92 Å². The molecule has 0 radical (unpaired) electrons. The highest BCUT2D eigenvalue weighted by atomic mass is 15.2. The second-order valence-corrected chi connectivity index (χ2v) is 4.90. The topological polar surface area (TPSA) is 38.0 Å². The van der Waals surface area contributed by atoms with E-state index in [1.54, 1.807) is 0 Å². The van der Waals surface area contributed by atoms with Gasteiger partial charge in [-0.3, -0.25) is 11.3 Å². The summed E-state index contributed by atoms with van der Waals surface area (Å²) in [5, 5.41) is 2.62. The third kappa shape index (κ3) is 1.84. The summed E-state index contributed by atoms with van der Waals surface area (Å²) in [6.45, 7) is 0. The number of hydrazine groups is 1. The summed E-state index contributed by atoms with van der Waals surface area (Å²) >= 11 is 0. The summed E-state index contributed by atoms with van der Waals surface area (Å²) < 4.78 is 0. The van der Waals surface area contributed by atoms with Gasteiger partial charge in [-0.05, 0) is 35.1 Å². The molecule has 1 aliphatic carbocycles. The molecule has 1 unspecified atom stereocenters. The minimum Gasteiger partial charge on any atom is -0.271 e. The van der Waals surface area contributed by atoms with Gasteiger partial charge in [0, 0.05) is 6.04 Å². The van der Waals surface area contributed by atoms with Crippen LogP contribution in [0.5, 0.6) is 0 Å². The van der Waals surface area contributed by atoms with Gasteiger partial charge in [-0.1, -0.05) is 48.9 Å². The molecule has 0 spiro atoms. The molecular formula is C15H18N2. The first kappa shape index (κ1) is 10.8. The van der Waals surface area contributed by atoms with Crippen molar-refractivity contribution in [2.45, 2.75) is 25.3 Å². The van der Waals surface area contributed by atoms with Crippen LogP contribution in [0.3, 0.4) is 0 Å². The van der Waals surface area contributed by atoms with Crippen LogP contribution < -0.4 is 11.3 Å². The van der Waals surface area contributed by atoms with E-state index in [0.29, 0.717) is 12.0 Å². The van der Waals surface area contributed by atoms with Crippen LogP contribution >= 0.6 is 0 Å². The molecule has 1 fully saturated rings. The average molecular weight is 226 g/mol. The van der Waals surface area contributed by atoms with Gasteiger partial charge in [0.05, 0.1) is 0 Å². The Morgan fingerprint density at radius 2 is 1.82 bits per heavy atom. The van der Waals surface area contributed by atoms with Crippen LogP contribution in [0.15, 0.2) is 42.5 Å². The van der Waals surface area contributed by atoms with E-state index in [2.05, 4.69) is 47.9 Å². The maximum atomic E-state index is 5.76. The Morgan fingerprint density at radius 3 is 2.53 bits per heavy atom. The minimum absolute atomic E-state index is 0.301.